The van der Waals surface area contributed by atoms with Gasteiger partial charge < -0.3 is 15.2 Å². The Balaban J connectivity index is 2.67. The molecule has 0 bridgehead atoms. The molecule has 1 aromatic carbocycles. The molecule has 0 aliphatic heterocycles. The normalized spacial score (nSPS) is 9.90. The van der Waals surface area contributed by atoms with E-state index in [0.29, 0.717) is 30.3 Å². The van der Waals surface area contributed by atoms with Crippen LogP contribution in [0.2, 0.25) is 0 Å². The number of nitrogens with two attached hydrogens (primary N) is 1. The molecule has 21 heavy (non-hydrogen) atoms. The molecule has 114 valence electrons. The molecule has 1 rings (SSSR count). The minimum atomic E-state index is -0.498. The highest BCUT2D eigenvalue weighted by atomic mass is 16.5. The van der Waals surface area contributed by atoms with E-state index in [2.05, 4.69) is 13.2 Å². The van der Waals surface area contributed by atoms with Gasteiger partial charge in [-0.05, 0) is 37.8 Å². The molecule has 0 aliphatic rings. The standard InChI is InChI=1S/C17H23NO3/c1-3-5-7-9-20-15-11-14(17(18)19)12-16(13-15)21-10-8-6-4-2/h3-4,11-13H,1-2,5-10H2,(H2,18,19). The first-order chi connectivity index (χ1) is 10.2. The number of ether oxygens (including phenoxy) is 2. The van der Waals surface area contributed by atoms with Crippen molar-refractivity contribution < 1.29 is 14.3 Å². The van der Waals surface area contributed by atoms with E-state index in [9.17, 15) is 4.79 Å². The van der Waals surface area contributed by atoms with Gasteiger partial charge in [0.2, 0.25) is 5.91 Å². The van der Waals surface area contributed by atoms with Crippen LogP contribution in [0, 0.1) is 0 Å². The lowest BCUT2D eigenvalue weighted by molar-refractivity contribution is 0.0999. The van der Waals surface area contributed by atoms with Crippen LogP contribution in [0.1, 0.15) is 36.0 Å². The summed E-state index contributed by atoms with van der Waals surface area (Å²) < 4.78 is 11.2. The molecule has 0 saturated carbocycles. The summed E-state index contributed by atoms with van der Waals surface area (Å²) in [6.07, 6.45) is 7.22. The zero-order chi connectivity index (χ0) is 15.5. The van der Waals surface area contributed by atoms with Gasteiger partial charge in [-0.1, -0.05) is 12.2 Å². The summed E-state index contributed by atoms with van der Waals surface area (Å²) in [5.74, 6) is 0.686. The maximum absolute atomic E-state index is 11.3. The predicted octanol–water partition coefficient (Wildman–Crippen LogP) is 3.48. The third-order valence-electron chi connectivity index (χ3n) is 2.81. The fourth-order valence-electron chi connectivity index (χ4n) is 1.72. The first-order valence-corrected chi connectivity index (χ1v) is 7.09. The van der Waals surface area contributed by atoms with Crippen molar-refractivity contribution in [1.29, 1.82) is 0 Å². The number of rotatable bonds is 11. The molecular formula is C17H23NO3. The van der Waals surface area contributed by atoms with Crippen molar-refractivity contribution in [3.8, 4) is 11.5 Å². The highest BCUT2D eigenvalue weighted by Crippen LogP contribution is 2.23. The highest BCUT2D eigenvalue weighted by Gasteiger charge is 2.07. The Morgan fingerprint density at radius 2 is 1.48 bits per heavy atom. The van der Waals surface area contributed by atoms with Crippen LogP contribution >= 0.6 is 0 Å². The zero-order valence-electron chi connectivity index (χ0n) is 12.3. The van der Waals surface area contributed by atoms with Gasteiger partial charge >= 0.3 is 0 Å². The second-order valence-electron chi connectivity index (χ2n) is 4.62. The molecule has 1 aromatic rings. The quantitative estimate of drug-likeness (QED) is 0.501. The molecule has 4 nitrogen and oxygen atoms in total. The van der Waals surface area contributed by atoms with Crippen LogP contribution in [0.5, 0.6) is 11.5 Å². The molecule has 0 aliphatic carbocycles. The molecule has 1 amide bonds. The number of carbonyl (C=O) groups is 1. The van der Waals surface area contributed by atoms with Gasteiger partial charge in [-0.25, -0.2) is 0 Å². The van der Waals surface area contributed by atoms with Gasteiger partial charge in [0, 0.05) is 11.6 Å². The lowest BCUT2D eigenvalue weighted by atomic mass is 10.2. The van der Waals surface area contributed by atoms with Crippen LogP contribution in [0.15, 0.2) is 43.5 Å². The summed E-state index contributed by atoms with van der Waals surface area (Å²) in [5, 5.41) is 0. The van der Waals surface area contributed by atoms with Crippen molar-refractivity contribution in [2.24, 2.45) is 5.73 Å². The first-order valence-electron chi connectivity index (χ1n) is 7.09. The smallest absolute Gasteiger partial charge is 0.248 e. The number of allylic oxidation sites excluding steroid dienone is 2. The third kappa shape index (κ3) is 6.65. The summed E-state index contributed by atoms with van der Waals surface area (Å²) in [7, 11) is 0. The van der Waals surface area contributed by atoms with Gasteiger partial charge in [0.05, 0.1) is 13.2 Å². The molecule has 0 aromatic heterocycles. The molecule has 0 radical (unpaired) electrons. The second-order valence-corrected chi connectivity index (χ2v) is 4.62. The molecule has 0 atom stereocenters. The summed E-state index contributed by atoms with van der Waals surface area (Å²) in [5.41, 5.74) is 5.71. The summed E-state index contributed by atoms with van der Waals surface area (Å²) >= 11 is 0. The van der Waals surface area contributed by atoms with Gasteiger partial charge in [0.15, 0.2) is 0 Å². The Bertz CT molecular complexity index is 449. The Hall–Kier alpha value is -2.23. The van der Waals surface area contributed by atoms with Crippen molar-refractivity contribution in [3.05, 3.63) is 49.1 Å². The molecule has 4 heteroatoms. The largest absolute Gasteiger partial charge is 0.493 e. The van der Waals surface area contributed by atoms with E-state index in [1.165, 1.54) is 0 Å². The minimum absolute atomic E-state index is 0.384. The van der Waals surface area contributed by atoms with E-state index in [0.717, 1.165) is 25.7 Å². The van der Waals surface area contributed by atoms with Gasteiger partial charge in [-0.3, -0.25) is 4.79 Å². The fourth-order valence-corrected chi connectivity index (χ4v) is 1.72. The number of hydrogen-bond acceptors (Lipinski definition) is 3. The Labute approximate surface area is 126 Å². The van der Waals surface area contributed by atoms with Crippen LogP contribution < -0.4 is 15.2 Å². The van der Waals surface area contributed by atoms with E-state index < -0.39 is 5.91 Å². The average molecular weight is 289 g/mol. The topological polar surface area (TPSA) is 61.6 Å². The number of primary amides is 1. The lowest BCUT2D eigenvalue weighted by Crippen LogP contribution is -2.11. The van der Waals surface area contributed by atoms with Crippen molar-refractivity contribution in [2.45, 2.75) is 25.7 Å². The van der Waals surface area contributed by atoms with Gasteiger partial charge in [0.25, 0.3) is 0 Å². The average Bonchev–Trinajstić information content (AvgIpc) is 2.48. The maximum atomic E-state index is 11.3. The molecular weight excluding hydrogens is 266 g/mol. The van der Waals surface area contributed by atoms with Crippen LogP contribution in [0.3, 0.4) is 0 Å². The van der Waals surface area contributed by atoms with Crippen LogP contribution in [-0.4, -0.2) is 19.1 Å². The number of unbranched alkanes of at least 4 members (excludes halogenated alkanes) is 2. The summed E-state index contributed by atoms with van der Waals surface area (Å²) in [6.45, 7) is 8.44. The fraction of sp³-hybridized carbons (Fsp3) is 0.353. The highest BCUT2D eigenvalue weighted by molar-refractivity contribution is 5.93. The van der Waals surface area contributed by atoms with Gasteiger partial charge in [-0.2, -0.15) is 0 Å². The zero-order valence-corrected chi connectivity index (χ0v) is 12.3. The van der Waals surface area contributed by atoms with E-state index in [-0.39, 0.29) is 0 Å². The van der Waals surface area contributed by atoms with E-state index in [1.807, 2.05) is 12.2 Å². The maximum Gasteiger partial charge on any atom is 0.248 e. The van der Waals surface area contributed by atoms with Crippen LogP contribution in [-0.2, 0) is 0 Å². The van der Waals surface area contributed by atoms with Gasteiger partial charge in [-0.15, -0.1) is 13.2 Å². The Morgan fingerprint density at radius 1 is 1.00 bits per heavy atom. The van der Waals surface area contributed by atoms with Crippen molar-refractivity contribution >= 4 is 5.91 Å². The molecule has 0 spiro atoms. The van der Waals surface area contributed by atoms with Crippen molar-refractivity contribution in [3.63, 3.8) is 0 Å². The van der Waals surface area contributed by atoms with Crippen molar-refractivity contribution in [2.75, 3.05) is 13.2 Å². The lowest BCUT2D eigenvalue weighted by Gasteiger charge is -2.11. The summed E-state index contributed by atoms with van der Waals surface area (Å²) in [4.78, 5) is 11.3. The monoisotopic (exact) mass is 289 g/mol. The number of hydrogen-bond donors (Lipinski definition) is 1. The van der Waals surface area contributed by atoms with Crippen LogP contribution in [0.25, 0.3) is 0 Å². The van der Waals surface area contributed by atoms with E-state index >= 15 is 0 Å². The molecule has 0 unspecified atom stereocenters. The summed E-state index contributed by atoms with van der Waals surface area (Å²) in [6, 6.07) is 5.04. The number of benzene rings is 1. The van der Waals surface area contributed by atoms with Crippen molar-refractivity contribution in [1.82, 2.24) is 0 Å². The van der Waals surface area contributed by atoms with Crippen LogP contribution in [0.4, 0.5) is 0 Å². The number of amides is 1. The SMILES string of the molecule is C=CCCCOc1cc(OCCCC=C)cc(C(N)=O)c1. The molecule has 2 N–H and O–H groups in total. The first kappa shape index (κ1) is 16.8. The molecule has 0 fully saturated rings. The Kier molecular flexibility index (Phi) is 7.72. The Morgan fingerprint density at radius 3 is 1.86 bits per heavy atom. The minimum Gasteiger partial charge on any atom is -0.493 e. The third-order valence-corrected chi connectivity index (χ3v) is 2.81. The van der Waals surface area contributed by atoms with E-state index in [4.69, 9.17) is 15.2 Å². The second kappa shape index (κ2) is 9.64. The predicted molar refractivity (Wildman–Crippen MR) is 84.8 cm³/mol. The number of carbonyl (C=O) groups excluding carboxylic acids is 1. The van der Waals surface area contributed by atoms with E-state index in [1.54, 1.807) is 18.2 Å². The van der Waals surface area contributed by atoms with Gasteiger partial charge in [0.1, 0.15) is 11.5 Å². The molecule has 0 heterocycles. The molecule has 0 saturated heterocycles.